The van der Waals surface area contributed by atoms with Gasteiger partial charge in [-0.2, -0.15) is 0 Å². The van der Waals surface area contributed by atoms with Crippen molar-refractivity contribution in [1.29, 1.82) is 0 Å². The fraction of sp³-hybridized carbons (Fsp3) is 0.917. The maximum Gasteiger partial charge on any atom is 0.163 e. The molecule has 0 aromatic rings. The zero-order valence-electron chi connectivity index (χ0n) is 10.4. The van der Waals surface area contributed by atoms with Gasteiger partial charge in [-0.15, -0.1) is 0 Å². The highest BCUT2D eigenvalue weighted by molar-refractivity contribution is 5.86. The molecule has 0 aromatic heterocycles. The molecule has 0 rings (SSSR count). The largest absolute Gasteiger partial charge is 0.383 e. The molecule has 0 spiro atoms. The molecule has 0 radical (unpaired) electrons. The van der Waals surface area contributed by atoms with E-state index in [1.54, 1.807) is 0 Å². The van der Waals surface area contributed by atoms with Crippen molar-refractivity contribution < 1.29 is 14.6 Å². The molecule has 0 amide bonds. The van der Waals surface area contributed by atoms with Crippen molar-refractivity contribution in [2.24, 2.45) is 0 Å². The van der Waals surface area contributed by atoms with Crippen molar-refractivity contribution >= 4 is 5.78 Å². The van der Waals surface area contributed by atoms with Gasteiger partial charge in [0.15, 0.2) is 5.78 Å². The summed E-state index contributed by atoms with van der Waals surface area (Å²) < 4.78 is 5.38. The lowest BCUT2D eigenvalue weighted by molar-refractivity contribution is -0.134. The van der Waals surface area contributed by atoms with Crippen molar-refractivity contribution in [3.8, 4) is 0 Å². The highest BCUT2D eigenvalue weighted by atomic mass is 16.5. The minimum Gasteiger partial charge on any atom is -0.383 e. The summed E-state index contributed by atoms with van der Waals surface area (Å²) in [6.45, 7) is 7.86. The molecule has 0 aromatic carbocycles. The molecule has 0 heterocycles. The molecule has 3 nitrogen and oxygen atoms in total. The fourth-order valence-electron chi connectivity index (χ4n) is 1.19. The van der Waals surface area contributed by atoms with Crippen LogP contribution in [0.3, 0.4) is 0 Å². The Kier molecular flexibility index (Phi) is 6.77. The number of carbonyl (C=O) groups is 1. The Hall–Kier alpha value is -0.410. The number of hydrogen-bond donors (Lipinski definition) is 1. The second kappa shape index (κ2) is 6.96. The van der Waals surface area contributed by atoms with Crippen molar-refractivity contribution in [3.05, 3.63) is 0 Å². The van der Waals surface area contributed by atoms with E-state index in [2.05, 4.69) is 0 Å². The van der Waals surface area contributed by atoms with Crippen LogP contribution in [-0.2, 0) is 9.53 Å². The first-order chi connectivity index (χ1) is 6.84. The fourth-order valence-corrected chi connectivity index (χ4v) is 1.19. The van der Waals surface area contributed by atoms with Crippen LogP contribution >= 0.6 is 0 Å². The summed E-state index contributed by atoms with van der Waals surface area (Å²) in [5, 5.41) is 9.39. The second-order valence-electron chi connectivity index (χ2n) is 4.71. The molecule has 3 heteroatoms. The predicted octanol–water partition coefficient (Wildman–Crippen LogP) is 2.31. The van der Waals surface area contributed by atoms with Gasteiger partial charge in [-0.3, -0.25) is 4.79 Å². The third-order valence-corrected chi connectivity index (χ3v) is 2.18. The maximum absolute atomic E-state index is 11.3. The Morgan fingerprint density at radius 1 is 1.27 bits per heavy atom. The average molecular weight is 216 g/mol. The Morgan fingerprint density at radius 3 is 2.33 bits per heavy atom. The summed E-state index contributed by atoms with van der Waals surface area (Å²) >= 11 is 0. The summed E-state index contributed by atoms with van der Waals surface area (Å²) in [7, 11) is 0. The number of rotatable bonds is 8. The molecular formula is C12H24O3. The molecule has 15 heavy (non-hydrogen) atoms. The number of unbranched alkanes of at least 4 members (excludes halogenated alkanes) is 2. The van der Waals surface area contributed by atoms with Crippen LogP contribution in [0.2, 0.25) is 0 Å². The third kappa shape index (κ3) is 8.58. The van der Waals surface area contributed by atoms with Crippen LogP contribution in [0.15, 0.2) is 0 Å². The number of ketones is 1. The monoisotopic (exact) mass is 216 g/mol. The van der Waals surface area contributed by atoms with Crippen LogP contribution in [0.25, 0.3) is 0 Å². The Balaban J connectivity index is 3.36. The van der Waals surface area contributed by atoms with Gasteiger partial charge >= 0.3 is 0 Å². The van der Waals surface area contributed by atoms with E-state index < -0.39 is 5.60 Å². The number of carbonyl (C=O) groups excluding carboxylic acids is 1. The van der Waals surface area contributed by atoms with E-state index in [1.165, 1.54) is 13.8 Å². The number of aliphatic hydroxyl groups is 1. The van der Waals surface area contributed by atoms with Crippen molar-refractivity contribution in [1.82, 2.24) is 0 Å². The summed E-state index contributed by atoms with van der Waals surface area (Å²) in [5.41, 5.74) is -1.17. The topological polar surface area (TPSA) is 46.5 Å². The molecule has 1 N–H and O–H groups in total. The number of hydrogen-bond acceptors (Lipinski definition) is 3. The van der Waals surface area contributed by atoms with Crippen molar-refractivity contribution in [2.45, 2.75) is 65.1 Å². The summed E-state index contributed by atoms with van der Waals surface area (Å²) in [5.74, 6) is -0.0766. The lowest BCUT2D eigenvalue weighted by atomic mass is 9.99. The molecule has 0 bridgehead atoms. The SMILES string of the molecule is CC(C)OCCCCCC(=O)C(C)(C)O. The van der Waals surface area contributed by atoms with E-state index in [-0.39, 0.29) is 11.9 Å². The quantitative estimate of drug-likeness (QED) is 0.633. The summed E-state index contributed by atoms with van der Waals surface area (Å²) in [6.07, 6.45) is 3.55. The van der Waals surface area contributed by atoms with Gasteiger partial charge in [0, 0.05) is 13.0 Å². The van der Waals surface area contributed by atoms with Crippen LogP contribution < -0.4 is 0 Å². The van der Waals surface area contributed by atoms with E-state index in [9.17, 15) is 9.90 Å². The van der Waals surface area contributed by atoms with Gasteiger partial charge in [0.05, 0.1) is 6.10 Å². The first-order valence-electron chi connectivity index (χ1n) is 5.71. The number of ether oxygens (including phenoxy) is 1. The average Bonchev–Trinajstić information content (AvgIpc) is 2.08. The van der Waals surface area contributed by atoms with Gasteiger partial charge < -0.3 is 9.84 Å². The lowest BCUT2D eigenvalue weighted by Gasteiger charge is -2.15. The maximum atomic E-state index is 11.3. The van der Waals surface area contributed by atoms with Gasteiger partial charge in [-0.05, 0) is 40.5 Å². The van der Waals surface area contributed by atoms with Gasteiger partial charge in [-0.25, -0.2) is 0 Å². The molecule has 0 atom stereocenters. The molecule has 90 valence electrons. The predicted molar refractivity (Wildman–Crippen MR) is 60.9 cm³/mol. The minimum absolute atomic E-state index is 0.0766. The highest BCUT2D eigenvalue weighted by Gasteiger charge is 2.22. The van der Waals surface area contributed by atoms with Gasteiger partial charge in [0.25, 0.3) is 0 Å². The van der Waals surface area contributed by atoms with E-state index in [0.29, 0.717) is 6.42 Å². The molecule has 0 unspecified atom stereocenters. The van der Waals surface area contributed by atoms with Crippen molar-refractivity contribution in [2.75, 3.05) is 6.61 Å². The Morgan fingerprint density at radius 2 is 1.87 bits per heavy atom. The Bertz CT molecular complexity index is 180. The molecular weight excluding hydrogens is 192 g/mol. The smallest absolute Gasteiger partial charge is 0.163 e. The molecule has 0 aliphatic carbocycles. The second-order valence-corrected chi connectivity index (χ2v) is 4.71. The molecule has 0 saturated heterocycles. The normalized spacial score (nSPS) is 12.1. The van der Waals surface area contributed by atoms with Crippen LogP contribution in [-0.4, -0.2) is 29.2 Å². The van der Waals surface area contributed by atoms with Gasteiger partial charge in [0.1, 0.15) is 5.60 Å². The highest BCUT2D eigenvalue weighted by Crippen LogP contribution is 2.10. The van der Waals surface area contributed by atoms with Crippen LogP contribution in [0, 0.1) is 0 Å². The standard InChI is InChI=1S/C12H24O3/c1-10(2)15-9-7-5-6-8-11(13)12(3,4)14/h10,14H,5-9H2,1-4H3. The lowest BCUT2D eigenvalue weighted by Crippen LogP contribution is -2.30. The van der Waals surface area contributed by atoms with E-state index >= 15 is 0 Å². The van der Waals surface area contributed by atoms with Crippen LogP contribution in [0.1, 0.15) is 53.4 Å². The van der Waals surface area contributed by atoms with Crippen LogP contribution in [0.5, 0.6) is 0 Å². The zero-order valence-corrected chi connectivity index (χ0v) is 10.4. The first-order valence-corrected chi connectivity index (χ1v) is 5.71. The Labute approximate surface area is 92.8 Å². The first kappa shape index (κ1) is 14.6. The van der Waals surface area contributed by atoms with Gasteiger partial charge in [0.2, 0.25) is 0 Å². The molecule has 0 saturated carbocycles. The van der Waals surface area contributed by atoms with Gasteiger partial charge in [-0.1, -0.05) is 6.42 Å². The molecule has 0 aliphatic rings. The number of Topliss-reactive ketones (excluding diaryl/α,β-unsaturated/α-hetero) is 1. The molecule has 0 fully saturated rings. The van der Waals surface area contributed by atoms with E-state index in [0.717, 1.165) is 25.9 Å². The summed E-state index contributed by atoms with van der Waals surface area (Å²) in [6, 6.07) is 0. The minimum atomic E-state index is -1.17. The zero-order chi connectivity index (χ0) is 11.9. The van der Waals surface area contributed by atoms with E-state index in [1.807, 2.05) is 13.8 Å². The summed E-state index contributed by atoms with van der Waals surface area (Å²) in [4.78, 5) is 11.3. The van der Waals surface area contributed by atoms with Crippen molar-refractivity contribution in [3.63, 3.8) is 0 Å². The van der Waals surface area contributed by atoms with Crippen LogP contribution in [0.4, 0.5) is 0 Å². The third-order valence-electron chi connectivity index (χ3n) is 2.18. The molecule has 0 aliphatic heterocycles. The van der Waals surface area contributed by atoms with E-state index in [4.69, 9.17) is 4.74 Å².